The molecule has 3 rings (SSSR count). The van der Waals surface area contributed by atoms with Crippen LogP contribution in [0.4, 0.5) is 18.9 Å². The average Bonchev–Trinajstić information content (AvgIpc) is 2.91. The molecule has 0 fully saturated rings. The van der Waals surface area contributed by atoms with E-state index in [1.54, 1.807) is 0 Å². The Labute approximate surface area is 153 Å². The first-order valence-corrected chi connectivity index (χ1v) is 8.31. The van der Waals surface area contributed by atoms with Gasteiger partial charge in [0.15, 0.2) is 0 Å². The summed E-state index contributed by atoms with van der Waals surface area (Å²) in [4.78, 5) is 14.4. The third-order valence-electron chi connectivity index (χ3n) is 3.42. The number of nitro groups is 1. The van der Waals surface area contributed by atoms with E-state index in [9.17, 15) is 23.3 Å². The lowest BCUT2D eigenvalue weighted by molar-refractivity contribution is -0.384. The summed E-state index contributed by atoms with van der Waals surface area (Å²) in [6, 6.07) is 5.69. The number of aromatic nitrogens is 1. The second-order valence-corrected chi connectivity index (χ2v) is 7.04. The lowest BCUT2D eigenvalue weighted by Crippen LogP contribution is -2.03. The van der Waals surface area contributed by atoms with Crippen LogP contribution in [-0.4, -0.2) is 9.91 Å². The van der Waals surface area contributed by atoms with Crippen LogP contribution in [0.3, 0.4) is 0 Å². The molecule has 0 amide bonds. The smallest absolute Gasteiger partial charge is 0.258 e. The first kappa shape index (κ1) is 17.9. The largest absolute Gasteiger partial charge is 0.416 e. The molecule has 0 aliphatic rings. The van der Waals surface area contributed by atoms with Crippen LogP contribution in [0.2, 0.25) is 10.0 Å². The van der Waals surface area contributed by atoms with Crippen LogP contribution in [0.1, 0.15) is 16.1 Å². The quantitative estimate of drug-likeness (QED) is 0.388. The molecule has 0 saturated carbocycles. The molecule has 0 bridgehead atoms. The van der Waals surface area contributed by atoms with Crippen LogP contribution in [0.15, 0.2) is 30.3 Å². The van der Waals surface area contributed by atoms with Crippen LogP contribution >= 0.6 is 34.5 Å². The summed E-state index contributed by atoms with van der Waals surface area (Å²) >= 11 is 13.3. The number of alkyl halides is 3. The molecule has 2 aromatic carbocycles. The van der Waals surface area contributed by atoms with Crippen molar-refractivity contribution < 1.29 is 18.1 Å². The monoisotopic (exact) mass is 406 g/mol. The summed E-state index contributed by atoms with van der Waals surface area (Å²) in [5, 5.41) is 11.5. The second-order valence-electron chi connectivity index (χ2n) is 5.11. The molecule has 0 unspecified atom stereocenters. The minimum absolute atomic E-state index is 0.106. The van der Waals surface area contributed by atoms with Crippen LogP contribution < -0.4 is 0 Å². The highest BCUT2D eigenvalue weighted by Crippen LogP contribution is 2.35. The van der Waals surface area contributed by atoms with Crippen molar-refractivity contribution in [1.82, 2.24) is 4.98 Å². The van der Waals surface area contributed by atoms with E-state index >= 15 is 0 Å². The fourth-order valence-electron chi connectivity index (χ4n) is 2.24. The molecule has 10 heteroatoms. The lowest BCUT2D eigenvalue weighted by Gasteiger charge is -2.05. The third-order valence-corrected chi connectivity index (χ3v) is 5.13. The number of hydrogen-bond acceptors (Lipinski definition) is 4. The SMILES string of the molecule is O=[N+]([O-])c1cc(Cl)c(Cc2nc3cc(C(F)(F)F)ccc3s2)c(Cl)c1. The summed E-state index contributed by atoms with van der Waals surface area (Å²) in [5.74, 6) is 0. The van der Waals surface area contributed by atoms with E-state index in [1.807, 2.05) is 0 Å². The molecule has 0 radical (unpaired) electrons. The zero-order chi connectivity index (χ0) is 18.4. The van der Waals surface area contributed by atoms with E-state index in [1.165, 1.54) is 29.5 Å². The van der Waals surface area contributed by atoms with Crippen molar-refractivity contribution in [3.05, 3.63) is 66.6 Å². The molecule has 0 atom stereocenters. The average molecular weight is 407 g/mol. The fourth-order valence-corrected chi connectivity index (χ4v) is 3.81. The van der Waals surface area contributed by atoms with E-state index in [0.29, 0.717) is 15.3 Å². The number of thiazole rings is 1. The van der Waals surface area contributed by atoms with Gasteiger partial charge in [0.25, 0.3) is 5.69 Å². The Kier molecular flexibility index (Phi) is 4.61. The highest BCUT2D eigenvalue weighted by molar-refractivity contribution is 7.18. The summed E-state index contributed by atoms with van der Waals surface area (Å²) in [6.45, 7) is 0. The molecule has 25 heavy (non-hydrogen) atoms. The van der Waals surface area contributed by atoms with Gasteiger partial charge in [0.1, 0.15) is 0 Å². The predicted octanol–water partition coefficient (Wildman–Crippen LogP) is 6.12. The van der Waals surface area contributed by atoms with E-state index in [2.05, 4.69) is 4.98 Å². The van der Waals surface area contributed by atoms with Gasteiger partial charge in [-0.2, -0.15) is 13.2 Å². The minimum Gasteiger partial charge on any atom is -0.258 e. The molecule has 3 aromatic rings. The van der Waals surface area contributed by atoms with Gasteiger partial charge >= 0.3 is 6.18 Å². The van der Waals surface area contributed by atoms with Gasteiger partial charge in [0.05, 0.1) is 35.8 Å². The Hall–Kier alpha value is -1.90. The highest BCUT2D eigenvalue weighted by Gasteiger charge is 2.30. The van der Waals surface area contributed by atoms with E-state index in [4.69, 9.17) is 23.2 Å². The predicted molar refractivity (Wildman–Crippen MR) is 90.5 cm³/mol. The van der Waals surface area contributed by atoms with Crippen molar-refractivity contribution in [3.8, 4) is 0 Å². The number of non-ortho nitro benzene ring substituents is 1. The number of rotatable bonds is 3. The highest BCUT2D eigenvalue weighted by atomic mass is 35.5. The van der Waals surface area contributed by atoms with Crippen LogP contribution in [0.25, 0.3) is 10.2 Å². The first-order chi connectivity index (χ1) is 11.6. The zero-order valence-electron chi connectivity index (χ0n) is 12.1. The number of benzene rings is 2. The van der Waals surface area contributed by atoms with E-state index in [-0.39, 0.29) is 27.7 Å². The molecular weight excluding hydrogens is 400 g/mol. The summed E-state index contributed by atoms with van der Waals surface area (Å²) in [6.07, 6.45) is -4.28. The first-order valence-electron chi connectivity index (χ1n) is 6.74. The molecule has 0 saturated heterocycles. The Morgan fingerprint density at radius 2 is 1.80 bits per heavy atom. The van der Waals surface area contributed by atoms with Crippen molar-refractivity contribution >= 4 is 50.4 Å². The molecule has 0 N–H and O–H groups in total. The van der Waals surface area contributed by atoms with Gasteiger partial charge in [-0.05, 0) is 23.8 Å². The number of nitrogens with zero attached hydrogens (tertiary/aromatic N) is 2. The summed E-state index contributed by atoms with van der Waals surface area (Å²) in [7, 11) is 0. The van der Waals surface area contributed by atoms with Gasteiger partial charge in [0.2, 0.25) is 0 Å². The van der Waals surface area contributed by atoms with E-state index in [0.717, 1.165) is 12.1 Å². The summed E-state index contributed by atoms with van der Waals surface area (Å²) in [5.41, 5.74) is -0.353. The number of fused-ring (bicyclic) bond motifs is 1. The number of hydrogen-bond donors (Lipinski definition) is 0. The molecule has 1 heterocycles. The van der Waals surface area contributed by atoms with Crippen LogP contribution in [0, 0.1) is 10.1 Å². The van der Waals surface area contributed by atoms with Crippen LogP contribution in [-0.2, 0) is 12.6 Å². The van der Waals surface area contributed by atoms with E-state index < -0.39 is 16.7 Å². The van der Waals surface area contributed by atoms with Crippen molar-refractivity contribution in [2.75, 3.05) is 0 Å². The number of nitro benzene ring substituents is 1. The third kappa shape index (κ3) is 3.70. The maximum absolute atomic E-state index is 12.8. The summed E-state index contributed by atoms with van der Waals surface area (Å²) < 4.78 is 38.9. The molecule has 0 spiro atoms. The van der Waals surface area contributed by atoms with Crippen molar-refractivity contribution in [2.45, 2.75) is 12.6 Å². The molecule has 0 aliphatic carbocycles. The Morgan fingerprint density at radius 3 is 2.36 bits per heavy atom. The van der Waals surface area contributed by atoms with Gasteiger partial charge in [0, 0.05) is 18.6 Å². The van der Waals surface area contributed by atoms with Crippen molar-refractivity contribution in [1.29, 1.82) is 0 Å². The van der Waals surface area contributed by atoms with Gasteiger partial charge in [-0.15, -0.1) is 11.3 Å². The van der Waals surface area contributed by atoms with Crippen molar-refractivity contribution in [2.24, 2.45) is 0 Å². The molecular formula is C15H7Cl2F3N2O2S. The fraction of sp³-hybridized carbons (Fsp3) is 0.133. The number of halogens is 5. The maximum atomic E-state index is 12.8. The lowest BCUT2D eigenvalue weighted by atomic mass is 10.1. The Morgan fingerprint density at radius 1 is 1.16 bits per heavy atom. The van der Waals surface area contributed by atoms with Crippen LogP contribution in [0.5, 0.6) is 0 Å². The molecule has 1 aromatic heterocycles. The molecule has 0 aliphatic heterocycles. The van der Waals surface area contributed by atoms with Gasteiger partial charge in [-0.3, -0.25) is 10.1 Å². The maximum Gasteiger partial charge on any atom is 0.416 e. The van der Waals surface area contributed by atoms with Gasteiger partial charge in [-0.25, -0.2) is 4.98 Å². The minimum atomic E-state index is -4.44. The second kappa shape index (κ2) is 6.44. The molecule has 4 nitrogen and oxygen atoms in total. The van der Waals surface area contributed by atoms with Crippen molar-refractivity contribution in [3.63, 3.8) is 0 Å². The standard InChI is InChI=1S/C15H7Cl2F3N2O2S/c16-10-4-8(22(23)24)5-11(17)9(10)6-14-21-12-3-7(15(18,19)20)1-2-13(12)25-14/h1-5H,6H2. The Bertz CT molecular complexity index is 966. The Balaban J connectivity index is 1.97. The topological polar surface area (TPSA) is 56.0 Å². The van der Waals surface area contributed by atoms with Gasteiger partial charge in [-0.1, -0.05) is 23.2 Å². The normalized spacial score (nSPS) is 11.9. The zero-order valence-corrected chi connectivity index (χ0v) is 14.4. The van der Waals surface area contributed by atoms with Gasteiger partial charge < -0.3 is 0 Å². The molecule has 130 valence electrons.